The third kappa shape index (κ3) is 5.76. The van der Waals surface area contributed by atoms with Crippen molar-refractivity contribution < 1.29 is 14.8 Å². The molecule has 1 aliphatic rings. The van der Waals surface area contributed by atoms with Gasteiger partial charge in [0, 0.05) is 5.69 Å². The smallest absolute Gasteiger partial charge is 0.279 e. The Bertz CT molecular complexity index is 423. The van der Waals surface area contributed by atoms with Crippen LogP contribution in [0.4, 0.5) is 5.69 Å². The molecule has 0 aromatic heterocycles. The van der Waals surface area contributed by atoms with Crippen molar-refractivity contribution in [2.45, 2.75) is 51.0 Å². The molecule has 1 aromatic rings. The van der Waals surface area contributed by atoms with Crippen molar-refractivity contribution in [2.24, 2.45) is 0 Å². The monoisotopic (exact) mass is 291 g/mol. The summed E-state index contributed by atoms with van der Waals surface area (Å²) < 4.78 is 5.10. The topological polar surface area (TPSA) is 54.9 Å². The van der Waals surface area contributed by atoms with E-state index in [0.29, 0.717) is 12.6 Å². The molecule has 1 aromatic carbocycles. The molecule has 4 heteroatoms. The van der Waals surface area contributed by atoms with Gasteiger partial charge in [0.05, 0.1) is 13.2 Å². The van der Waals surface area contributed by atoms with Crippen LogP contribution in [0.3, 0.4) is 0 Å². The van der Waals surface area contributed by atoms with Crippen LogP contribution in [0.15, 0.2) is 24.3 Å². The maximum atomic E-state index is 12.0. The molecule has 21 heavy (non-hydrogen) atoms. The number of hydrogen-bond acceptors (Lipinski definition) is 2. The van der Waals surface area contributed by atoms with Crippen LogP contribution >= 0.6 is 0 Å². The van der Waals surface area contributed by atoms with Crippen LogP contribution in [0.5, 0.6) is 5.75 Å². The van der Waals surface area contributed by atoms with Crippen LogP contribution in [0.2, 0.25) is 0 Å². The van der Waals surface area contributed by atoms with E-state index in [1.165, 1.54) is 44.9 Å². The predicted molar refractivity (Wildman–Crippen MR) is 84.5 cm³/mol. The Morgan fingerprint density at radius 2 is 1.76 bits per heavy atom. The molecule has 1 fully saturated rings. The Morgan fingerprint density at radius 1 is 1.14 bits per heavy atom. The molecular weight excluding hydrogens is 264 g/mol. The largest absolute Gasteiger partial charge is 0.497 e. The van der Waals surface area contributed by atoms with E-state index in [1.54, 1.807) is 7.11 Å². The first-order valence-electron chi connectivity index (χ1n) is 8.05. The summed E-state index contributed by atoms with van der Waals surface area (Å²) in [5, 5.41) is 5.15. The highest BCUT2D eigenvalue weighted by atomic mass is 16.5. The van der Waals surface area contributed by atoms with Gasteiger partial charge in [-0.05, 0) is 49.9 Å². The molecule has 0 unspecified atom stereocenters. The minimum atomic E-state index is 0.0715. The highest BCUT2D eigenvalue weighted by molar-refractivity contribution is 5.91. The summed E-state index contributed by atoms with van der Waals surface area (Å²) in [6.45, 7) is 0.511. The summed E-state index contributed by atoms with van der Waals surface area (Å²) in [5.41, 5.74) is 0.826. The lowest BCUT2D eigenvalue weighted by Crippen LogP contribution is -2.91. The van der Waals surface area contributed by atoms with Gasteiger partial charge in [0.1, 0.15) is 5.75 Å². The van der Waals surface area contributed by atoms with Gasteiger partial charge >= 0.3 is 0 Å². The zero-order chi connectivity index (χ0) is 14.9. The fraction of sp³-hybridized carbons (Fsp3) is 0.588. The van der Waals surface area contributed by atoms with Crippen molar-refractivity contribution in [3.63, 3.8) is 0 Å². The molecule has 3 N–H and O–H groups in total. The average Bonchev–Trinajstić information content (AvgIpc) is 2.47. The SMILES string of the molecule is COc1ccc(NC(=O)C[NH2+]C2CCCCCCC2)cc1. The summed E-state index contributed by atoms with van der Waals surface area (Å²) in [7, 11) is 1.64. The number of hydrogen-bond donors (Lipinski definition) is 2. The molecule has 0 radical (unpaired) electrons. The zero-order valence-corrected chi connectivity index (χ0v) is 12.9. The lowest BCUT2D eigenvalue weighted by Gasteiger charge is -2.18. The lowest BCUT2D eigenvalue weighted by molar-refractivity contribution is -0.680. The Labute approximate surface area is 127 Å². The van der Waals surface area contributed by atoms with Gasteiger partial charge < -0.3 is 15.4 Å². The highest BCUT2D eigenvalue weighted by Gasteiger charge is 2.15. The number of benzene rings is 1. The number of carbonyl (C=O) groups excluding carboxylic acids is 1. The summed E-state index contributed by atoms with van der Waals surface area (Å²) in [6.07, 6.45) is 9.18. The summed E-state index contributed by atoms with van der Waals surface area (Å²) >= 11 is 0. The third-order valence-electron chi connectivity index (χ3n) is 4.16. The fourth-order valence-corrected chi connectivity index (χ4v) is 2.88. The maximum absolute atomic E-state index is 12.0. The number of quaternary nitrogens is 1. The number of amides is 1. The van der Waals surface area contributed by atoms with Crippen LogP contribution in [-0.2, 0) is 4.79 Å². The van der Waals surface area contributed by atoms with Crippen molar-refractivity contribution in [3.8, 4) is 5.75 Å². The van der Waals surface area contributed by atoms with Gasteiger partial charge in [-0.1, -0.05) is 19.3 Å². The van der Waals surface area contributed by atoms with E-state index in [2.05, 4.69) is 10.6 Å². The molecule has 0 bridgehead atoms. The van der Waals surface area contributed by atoms with Gasteiger partial charge in [-0.15, -0.1) is 0 Å². The minimum Gasteiger partial charge on any atom is -0.497 e. The molecule has 1 aliphatic carbocycles. The van der Waals surface area contributed by atoms with Crippen molar-refractivity contribution in [1.82, 2.24) is 0 Å². The first-order chi connectivity index (χ1) is 10.3. The number of nitrogens with one attached hydrogen (secondary N) is 1. The molecule has 116 valence electrons. The summed E-state index contributed by atoms with van der Waals surface area (Å²) in [5.74, 6) is 0.872. The number of anilines is 1. The molecule has 0 spiro atoms. The standard InChI is InChI=1S/C17H26N2O2/c1-21-16-11-9-15(10-12-16)19-17(20)13-18-14-7-5-3-2-4-6-8-14/h9-12,14,18H,2-8,13H2,1H3,(H,19,20)/p+1. The summed E-state index contributed by atoms with van der Waals surface area (Å²) in [6, 6.07) is 8.06. The van der Waals surface area contributed by atoms with Gasteiger partial charge in [-0.2, -0.15) is 0 Å². The molecule has 0 atom stereocenters. The van der Waals surface area contributed by atoms with Crippen LogP contribution in [-0.4, -0.2) is 25.6 Å². The second-order valence-electron chi connectivity index (χ2n) is 5.82. The fourth-order valence-electron chi connectivity index (χ4n) is 2.88. The van der Waals surface area contributed by atoms with Gasteiger partial charge in [0.2, 0.25) is 0 Å². The van der Waals surface area contributed by atoms with E-state index in [0.717, 1.165) is 11.4 Å². The Morgan fingerprint density at radius 3 is 2.38 bits per heavy atom. The zero-order valence-electron chi connectivity index (χ0n) is 12.9. The van der Waals surface area contributed by atoms with Crippen molar-refractivity contribution in [1.29, 1.82) is 0 Å². The second kappa shape index (κ2) is 8.67. The highest BCUT2D eigenvalue weighted by Crippen LogP contribution is 2.15. The number of carbonyl (C=O) groups is 1. The average molecular weight is 291 g/mol. The van der Waals surface area contributed by atoms with E-state index in [9.17, 15) is 4.79 Å². The van der Waals surface area contributed by atoms with E-state index in [1.807, 2.05) is 24.3 Å². The molecule has 1 saturated carbocycles. The number of ether oxygens (including phenoxy) is 1. The van der Waals surface area contributed by atoms with E-state index in [4.69, 9.17) is 4.74 Å². The summed E-state index contributed by atoms with van der Waals surface area (Å²) in [4.78, 5) is 12.0. The van der Waals surface area contributed by atoms with Gasteiger partial charge in [0.15, 0.2) is 6.54 Å². The van der Waals surface area contributed by atoms with Crippen LogP contribution in [0, 0.1) is 0 Å². The Kier molecular flexibility index (Phi) is 6.54. The molecule has 0 heterocycles. The molecule has 1 amide bonds. The number of nitrogens with two attached hydrogens (primary N) is 1. The molecule has 4 nitrogen and oxygen atoms in total. The van der Waals surface area contributed by atoms with Crippen LogP contribution in [0.1, 0.15) is 44.9 Å². The quantitative estimate of drug-likeness (QED) is 0.874. The lowest BCUT2D eigenvalue weighted by atomic mass is 9.97. The van der Waals surface area contributed by atoms with Gasteiger partial charge in [-0.3, -0.25) is 4.79 Å². The van der Waals surface area contributed by atoms with Crippen molar-refractivity contribution in [2.75, 3.05) is 19.0 Å². The van der Waals surface area contributed by atoms with Crippen molar-refractivity contribution >= 4 is 11.6 Å². The Balaban J connectivity index is 1.72. The predicted octanol–water partition coefficient (Wildman–Crippen LogP) is 2.31. The van der Waals surface area contributed by atoms with Gasteiger partial charge in [-0.25, -0.2) is 0 Å². The molecule has 0 aliphatic heterocycles. The van der Waals surface area contributed by atoms with E-state index < -0.39 is 0 Å². The second-order valence-corrected chi connectivity index (χ2v) is 5.82. The first-order valence-corrected chi connectivity index (χ1v) is 8.05. The van der Waals surface area contributed by atoms with Crippen LogP contribution in [0.25, 0.3) is 0 Å². The molecule has 2 rings (SSSR count). The Hall–Kier alpha value is -1.55. The first kappa shape index (κ1) is 15.8. The molecular formula is C17H27N2O2+. The third-order valence-corrected chi connectivity index (χ3v) is 4.16. The van der Waals surface area contributed by atoms with Crippen molar-refractivity contribution in [3.05, 3.63) is 24.3 Å². The number of methoxy groups -OCH3 is 1. The van der Waals surface area contributed by atoms with Gasteiger partial charge in [0.25, 0.3) is 5.91 Å². The van der Waals surface area contributed by atoms with Crippen LogP contribution < -0.4 is 15.4 Å². The van der Waals surface area contributed by atoms with E-state index >= 15 is 0 Å². The maximum Gasteiger partial charge on any atom is 0.279 e. The molecule has 0 saturated heterocycles. The van der Waals surface area contributed by atoms with E-state index in [-0.39, 0.29) is 5.91 Å². The number of rotatable bonds is 5. The normalized spacial score (nSPS) is 16.8. The minimum absolute atomic E-state index is 0.0715.